The highest BCUT2D eigenvalue weighted by Crippen LogP contribution is 2.42. The predicted octanol–water partition coefficient (Wildman–Crippen LogP) is 4.38. The van der Waals surface area contributed by atoms with Gasteiger partial charge < -0.3 is 19.8 Å². The van der Waals surface area contributed by atoms with Gasteiger partial charge in [0.2, 0.25) is 0 Å². The van der Waals surface area contributed by atoms with Crippen molar-refractivity contribution in [3.8, 4) is 0 Å². The number of aliphatic hydroxyl groups excluding tert-OH is 1. The first-order valence-electron chi connectivity index (χ1n) is 9.40. The van der Waals surface area contributed by atoms with Gasteiger partial charge in [-0.05, 0) is 37.1 Å². The molecule has 0 saturated carbocycles. The van der Waals surface area contributed by atoms with E-state index in [0.29, 0.717) is 13.0 Å². The zero-order valence-electron chi connectivity index (χ0n) is 16.1. The Hall–Kier alpha value is -1.89. The number of benzene rings is 2. The van der Waals surface area contributed by atoms with E-state index in [1.807, 2.05) is 61.5 Å². The van der Waals surface area contributed by atoms with E-state index in [-0.39, 0.29) is 12.5 Å². The average molecular weight is 448 g/mol. The Labute approximate surface area is 174 Å². The largest absolute Gasteiger partial charge is 0.438 e. The molecule has 0 radical (unpaired) electrons. The molecular weight excluding hydrogens is 422 g/mol. The lowest BCUT2D eigenvalue weighted by atomic mass is 9.79. The van der Waals surface area contributed by atoms with Crippen LogP contribution in [0.5, 0.6) is 0 Å². The number of cyclic esters (lactones) is 1. The number of aliphatic hydroxyl groups is 2. The summed E-state index contributed by atoms with van der Waals surface area (Å²) in [5.74, 6) is 0. The van der Waals surface area contributed by atoms with Gasteiger partial charge in [-0.15, -0.1) is 0 Å². The van der Waals surface area contributed by atoms with Crippen molar-refractivity contribution in [1.82, 2.24) is 4.90 Å². The second kappa shape index (κ2) is 8.23. The van der Waals surface area contributed by atoms with Gasteiger partial charge in [-0.25, -0.2) is 4.79 Å². The molecular formula is C22H26BrNO4. The van der Waals surface area contributed by atoms with Crippen LogP contribution in [0.4, 0.5) is 4.79 Å². The first-order valence-corrected chi connectivity index (χ1v) is 10.2. The minimum Gasteiger partial charge on any atom is -0.438 e. The predicted molar refractivity (Wildman–Crippen MR) is 111 cm³/mol. The lowest BCUT2D eigenvalue weighted by Gasteiger charge is -2.45. The van der Waals surface area contributed by atoms with E-state index >= 15 is 0 Å². The highest BCUT2D eigenvalue weighted by molar-refractivity contribution is 9.10. The Bertz CT molecular complexity index is 809. The molecule has 0 aliphatic carbocycles. The number of hydrogen-bond donors (Lipinski definition) is 2. The first-order chi connectivity index (χ1) is 13.3. The molecule has 2 aromatic rings. The van der Waals surface area contributed by atoms with Crippen molar-refractivity contribution in [2.45, 2.75) is 43.9 Å². The first kappa shape index (κ1) is 20.8. The summed E-state index contributed by atoms with van der Waals surface area (Å²) in [5.41, 5.74) is -0.474. The fourth-order valence-electron chi connectivity index (χ4n) is 3.78. The van der Waals surface area contributed by atoms with Gasteiger partial charge >= 0.3 is 6.09 Å². The molecule has 3 rings (SSSR count). The fraction of sp³-hybridized carbons (Fsp3) is 0.409. The number of amides is 1. The van der Waals surface area contributed by atoms with Gasteiger partial charge in [0.15, 0.2) is 0 Å². The van der Waals surface area contributed by atoms with Crippen molar-refractivity contribution in [1.29, 1.82) is 0 Å². The van der Waals surface area contributed by atoms with Crippen LogP contribution in [-0.4, -0.2) is 40.0 Å². The molecule has 3 atom stereocenters. The second-order valence-corrected chi connectivity index (χ2v) is 8.65. The molecule has 1 heterocycles. The number of ether oxygens (including phenoxy) is 1. The molecule has 2 aromatic carbocycles. The molecule has 150 valence electrons. The molecule has 0 aromatic heterocycles. The van der Waals surface area contributed by atoms with Crippen LogP contribution in [0.3, 0.4) is 0 Å². The van der Waals surface area contributed by atoms with Gasteiger partial charge in [0.05, 0.1) is 18.2 Å². The third kappa shape index (κ3) is 4.40. The third-order valence-corrected chi connectivity index (χ3v) is 5.93. The second-order valence-electron chi connectivity index (χ2n) is 7.73. The molecule has 1 fully saturated rings. The van der Waals surface area contributed by atoms with Crippen molar-refractivity contribution in [2.24, 2.45) is 0 Å². The molecule has 2 N–H and O–H groups in total. The number of nitrogens with zero attached hydrogens (tertiary/aromatic N) is 1. The van der Waals surface area contributed by atoms with Crippen molar-refractivity contribution in [2.75, 3.05) is 13.2 Å². The maximum atomic E-state index is 13.0. The summed E-state index contributed by atoms with van der Waals surface area (Å²) in [6.07, 6.45) is 0.242. The van der Waals surface area contributed by atoms with Crippen LogP contribution < -0.4 is 0 Å². The molecule has 28 heavy (non-hydrogen) atoms. The summed E-state index contributed by atoms with van der Waals surface area (Å²) in [6, 6.07) is 17.2. The van der Waals surface area contributed by atoms with E-state index in [4.69, 9.17) is 4.74 Å². The van der Waals surface area contributed by atoms with E-state index < -0.39 is 23.9 Å². The summed E-state index contributed by atoms with van der Waals surface area (Å²) in [6.45, 7) is 3.62. The van der Waals surface area contributed by atoms with Gasteiger partial charge in [0, 0.05) is 23.9 Å². The zero-order valence-corrected chi connectivity index (χ0v) is 17.7. The SMILES string of the molecule is C[C@@H](c1ccc(Br)cc1)N1CCC(CC(C)(O)CO)(c2ccccc2)OC1=O. The summed E-state index contributed by atoms with van der Waals surface area (Å²) >= 11 is 3.43. The number of hydrogen-bond acceptors (Lipinski definition) is 4. The Morgan fingerprint density at radius 1 is 1.21 bits per heavy atom. The third-order valence-electron chi connectivity index (χ3n) is 5.40. The van der Waals surface area contributed by atoms with Crippen molar-refractivity contribution >= 4 is 22.0 Å². The van der Waals surface area contributed by atoms with Crippen LogP contribution in [0, 0.1) is 0 Å². The van der Waals surface area contributed by atoms with Crippen LogP contribution in [0.25, 0.3) is 0 Å². The maximum absolute atomic E-state index is 13.0. The van der Waals surface area contributed by atoms with Gasteiger partial charge in [-0.3, -0.25) is 0 Å². The number of carbonyl (C=O) groups is 1. The van der Waals surface area contributed by atoms with Gasteiger partial charge in [-0.1, -0.05) is 58.4 Å². The Morgan fingerprint density at radius 2 is 1.86 bits per heavy atom. The van der Waals surface area contributed by atoms with Crippen LogP contribution in [0.15, 0.2) is 59.1 Å². The monoisotopic (exact) mass is 447 g/mol. The lowest BCUT2D eigenvalue weighted by molar-refractivity contribution is -0.117. The molecule has 0 bridgehead atoms. The van der Waals surface area contributed by atoms with Crippen LogP contribution >= 0.6 is 15.9 Å². The van der Waals surface area contributed by atoms with E-state index in [9.17, 15) is 15.0 Å². The minimum atomic E-state index is -1.35. The molecule has 1 amide bonds. The summed E-state index contributed by atoms with van der Waals surface area (Å²) < 4.78 is 6.97. The van der Waals surface area contributed by atoms with E-state index in [1.165, 1.54) is 0 Å². The molecule has 2 unspecified atom stereocenters. The van der Waals surface area contributed by atoms with Gasteiger partial charge in [0.25, 0.3) is 0 Å². The number of carbonyl (C=O) groups excluding carboxylic acids is 1. The van der Waals surface area contributed by atoms with E-state index in [1.54, 1.807) is 11.8 Å². The maximum Gasteiger partial charge on any atom is 0.411 e. The highest BCUT2D eigenvalue weighted by Gasteiger charge is 2.47. The molecule has 1 aliphatic rings. The lowest BCUT2D eigenvalue weighted by Crippen LogP contribution is -2.52. The normalized spacial score (nSPS) is 23.0. The summed E-state index contributed by atoms with van der Waals surface area (Å²) in [7, 11) is 0. The van der Waals surface area contributed by atoms with E-state index in [2.05, 4.69) is 15.9 Å². The van der Waals surface area contributed by atoms with E-state index in [0.717, 1.165) is 15.6 Å². The van der Waals surface area contributed by atoms with Gasteiger partial charge in [-0.2, -0.15) is 0 Å². The topological polar surface area (TPSA) is 70.0 Å². The van der Waals surface area contributed by atoms with Gasteiger partial charge in [0.1, 0.15) is 5.60 Å². The van der Waals surface area contributed by atoms with Crippen molar-refractivity contribution in [3.63, 3.8) is 0 Å². The Morgan fingerprint density at radius 3 is 2.43 bits per heavy atom. The standard InChI is InChI=1S/C22H26BrNO4/c1-16(17-8-10-19(23)11-9-17)24-13-12-22(28-20(24)26,14-21(2,27)15-25)18-6-4-3-5-7-18/h3-11,16,25,27H,12-15H2,1-2H3/t16-,21?,22?/m0/s1. The number of halogens is 1. The molecule has 0 spiro atoms. The summed E-state index contributed by atoms with van der Waals surface area (Å²) in [5, 5.41) is 20.1. The molecule has 1 aliphatic heterocycles. The van der Waals surface area contributed by atoms with Crippen LogP contribution in [0.2, 0.25) is 0 Å². The Balaban J connectivity index is 1.86. The average Bonchev–Trinajstić information content (AvgIpc) is 2.68. The van der Waals surface area contributed by atoms with Crippen LogP contribution in [-0.2, 0) is 10.3 Å². The zero-order chi connectivity index (χ0) is 20.4. The molecule has 5 nitrogen and oxygen atoms in total. The Kier molecular flexibility index (Phi) is 6.12. The molecule has 6 heteroatoms. The van der Waals surface area contributed by atoms with Crippen molar-refractivity contribution < 1.29 is 19.7 Å². The number of rotatable bonds is 6. The molecule has 1 saturated heterocycles. The quantitative estimate of drug-likeness (QED) is 0.688. The smallest absolute Gasteiger partial charge is 0.411 e. The minimum absolute atomic E-state index is 0.132. The van der Waals surface area contributed by atoms with Crippen LogP contribution in [0.1, 0.15) is 43.9 Å². The highest BCUT2D eigenvalue weighted by atomic mass is 79.9. The van der Waals surface area contributed by atoms with Crippen molar-refractivity contribution in [3.05, 3.63) is 70.2 Å². The summed E-state index contributed by atoms with van der Waals surface area (Å²) in [4.78, 5) is 14.7. The fourth-order valence-corrected chi connectivity index (χ4v) is 4.05.